The first-order valence-electron chi connectivity index (χ1n) is 9.64. The highest BCUT2D eigenvalue weighted by atomic mass is 35.5. The van der Waals surface area contributed by atoms with Gasteiger partial charge in [0.1, 0.15) is 0 Å². The van der Waals surface area contributed by atoms with Crippen LogP contribution >= 0.6 is 11.6 Å². The summed E-state index contributed by atoms with van der Waals surface area (Å²) < 4.78 is 0. The average molecular weight is 391 g/mol. The van der Waals surface area contributed by atoms with Gasteiger partial charge < -0.3 is 4.90 Å². The van der Waals surface area contributed by atoms with Gasteiger partial charge in [0.2, 0.25) is 0 Å². The van der Waals surface area contributed by atoms with E-state index in [0.717, 1.165) is 46.4 Å². The molecular weight excluding hydrogens is 368 g/mol. The molecule has 2 aromatic carbocycles. The Labute approximate surface area is 170 Å². The number of likely N-dealkylation sites (tertiary alicyclic amines) is 1. The number of hydrogen-bond acceptors (Lipinski definition) is 4. The van der Waals surface area contributed by atoms with Gasteiger partial charge in [-0.1, -0.05) is 29.8 Å². The van der Waals surface area contributed by atoms with Crippen molar-refractivity contribution in [1.29, 1.82) is 5.26 Å². The van der Waals surface area contributed by atoms with Gasteiger partial charge in [0.15, 0.2) is 0 Å². The van der Waals surface area contributed by atoms with Crippen LogP contribution in [0.5, 0.6) is 0 Å². The summed E-state index contributed by atoms with van der Waals surface area (Å²) in [4.78, 5) is 2.39. The molecule has 0 spiro atoms. The van der Waals surface area contributed by atoms with E-state index >= 15 is 0 Å². The summed E-state index contributed by atoms with van der Waals surface area (Å²) in [7, 11) is 2.18. The smallest absolute Gasteiger partial charge is 0.0992 e. The SMILES string of the molecule is Cc1cc(C#N)cc(Cl)c1-c1nnc2c(C3CCCN(C)C3)cccc2c1C. The fraction of sp³-hybridized carbons (Fsp3) is 0.348. The van der Waals surface area contributed by atoms with Crippen LogP contribution in [0.25, 0.3) is 22.2 Å². The molecule has 1 aliphatic heterocycles. The fourth-order valence-corrected chi connectivity index (χ4v) is 4.73. The minimum absolute atomic E-state index is 0.488. The van der Waals surface area contributed by atoms with Crippen LogP contribution in [0.4, 0.5) is 0 Å². The van der Waals surface area contributed by atoms with Gasteiger partial charge in [0, 0.05) is 17.5 Å². The second-order valence-electron chi connectivity index (χ2n) is 7.78. The fourth-order valence-electron chi connectivity index (χ4n) is 4.37. The molecule has 4 nitrogen and oxygen atoms in total. The van der Waals surface area contributed by atoms with E-state index in [1.807, 2.05) is 13.0 Å². The summed E-state index contributed by atoms with van der Waals surface area (Å²) in [5, 5.41) is 20.1. The first kappa shape index (κ1) is 18.9. The molecule has 1 unspecified atom stereocenters. The van der Waals surface area contributed by atoms with E-state index < -0.39 is 0 Å². The zero-order valence-electron chi connectivity index (χ0n) is 16.5. The number of nitriles is 1. The quantitative estimate of drug-likeness (QED) is 0.599. The zero-order valence-corrected chi connectivity index (χ0v) is 17.2. The van der Waals surface area contributed by atoms with Gasteiger partial charge in [-0.05, 0) is 75.0 Å². The second kappa shape index (κ2) is 7.50. The van der Waals surface area contributed by atoms with Crippen LogP contribution in [0.1, 0.15) is 41.0 Å². The molecule has 1 fully saturated rings. The molecule has 2 heterocycles. The third kappa shape index (κ3) is 3.26. The largest absolute Gasteiger partial charge is 0.306 e. The summed E-state index contributed by atoms with van der Waals surface area (Å²) >= 11 is 6.52. The summed E-state index contributed by atoms with van der Waals surface area (Å²) in [6.07, 6.45) is 2.40. The minimum atomic E-state index is 0.488. The number of benzene rings is 2. The normalized spacial score (nSPS) is 17.6. The molecular formula is C23H23ClN4. The molecule has 0 saturated carbocycles. The minimum Gasteiger partial charge on any atom is -0.306 e. The number of aromatic nitrogens is 2. The van der Waals surface area contributed by atoms with Crippen LogP contribution in [0.3, 0.4) is 0 Å². The predicted molar refractivity (Wildman–Crippen MR) is 114 cm³/mol. The first-order valence-corrected chi connectivity index (χ1v) is 10.0. The van der Waals surface area contributed by atoms with Gasteiger partial charge in [-0.15, -0.1) is 10.2 Å². The molecule has 0 bridgehead atoms. The molecule has 0 radical (unpaired) electrons. The summed E-state index contributed by atoms with van der Waals surface area (Å²) in [5.41, 5.74) is 6.49. The maximum absolute atomic E-state index is 9.18. The lowest BCUT2D eigenvalue weighted by molar-refractivity contribution is 0.251. The molecule has 1 aliphatic rings. The Hall–Kier alpha value is -2.48. The van der Waals surface area contributed by atoms with Gasteiger partial charge in [0.25, 0.3) is 0 Å². The van der Waals surface area contributed by atoms with Gasteiger partial charge >= 0.3 is 0 Å². The monoisotopic (exact) mass is 390 g/mol. The van der Waals surface area contributed by atoms with Crippen molar-refractivity contribution < 1.29 is 0 Å². The molecule has 1 atom stereocenters. The van der Waals surface area contributed by atoms with Crippen molar-refractivity contribution in [2.75, 3.05) is 20.1 Å². The van der Waals surface area contributed by atoms with Crippen molar-refractivity contribution in [1.82, 2.24) is 15.1 Å². The Morgan fingerprint density at radius 2 is 2.04 bits per heavy atom. The standard InChI is InChI=1S/C23H23ClN4/c1-14-10-16(12-25)11-20(24)21(14)22-15(2)18-7-4-8-19(23(18)27-26-22)17-6-5-9-28(3)13-17/h4,7-8,10-11,17H,5-6,9,13H2,1-3H3. The summed E-state index contributed by atoms with van der Waals surface area (Å²) in [6.45, 7) is 6.26. The zero-order chi connectivity index (χ0) is 19.8. The Balaban J connectivity index is 1.86. The number of rotatable bonds is 2. The molecule has 4 rings (SSSR count). The number of aryl methyl sites for hydroxylation is 2. The number of fused-ring (bicyclic) bond motifs is 1. The van der Waals surface area contributed by atoms with Crippen molar-refractivity contribution in [3.05, 3.63) is 57.6 Å². The van der Waals surface area contributed by atoms with Crippen molar-refractivity contribution in [2.45, 2.75) is 32.6 Å². The predicted octanol–water partition coefficient (Wildman–Crippen LogP) is 5.25. The van der Waals surface area contributed by atoms with E-state index in [-0.39, 0.29) is 0 Å². The maximum atomic E-state index is 9.18. The molecule has 5 heteroatoms. The topological polar surface area (TPSA) is 52.8 Å². The molecule has 142 valence electrons. The van der Waals surface area contributed by atoms with Gasteiger partial charge in [0.05, 0.1) is 27.9 Å². The Morgan fingerprint density at radius 1 is 1.21 bits per heavy atom. The third-order valence-corrected chi connectivity index (χ3v) is 6.09. The van der Waals surface area contributed by atoms with Crippen molar-refractivity contribution >= 4 is 22.5 Å². The number of likely N-dealkylation sites (N-methyl/N-ethyl adjacent to an activating group) is 1. The molecule has 0 amide bonds. The molecule has 1 saturated heterocycles. The average Bonchev–Trinajstić information content (AvgIpc) is 2.68. The Morgan fingerprint density at radius 3 is 2.75 bits per heavy atom. The third-order valence-electron chi connectivity index (χ3n) is 5.79. The Bertz CT molecular complexity index is 1080. The highest BCUT2D eigenvalue weighted by Crippen LogP contribution is 2.37. The van der Waals surface area contributed by atoms with Crippen LogP contribution < -0.4 is 0 Å². The highest BCUT2D eigenvalue weighted by molar-refractivity contribution is 6.33. The summed E-state index contributed by atoms with van der Waals surface area (Å²) in [5.74, 6) is 0.488. The van der Waals surface area contributed by atoms with Gasteiger partial charge in [-0.25, -0.2) is 0 Å². The lowest BCUT2D eigenvalue weighted by atomic mass is 9.88. The van der Waals surface area contributed by atoms with Crippen LogP contribution in [0.2, 0.25) is 5.02 Å². The maximum Gasteiger partial charge on any atom is 0.0992 e. The number of piperidine rings is 1. The van der Waals surface area contributed by atoms with E-state index in [1.54, 1.807) is 6.07 Å². The van der Waals surface area contributed by atoms with Crippen molar-refractivity contribution in [3.63, 3.8) is 0 Å². The molecule has 28 heavy (non-hydrogen) atoms. The van der Waals surface area contributed by atoms with E-state index in [9.17, 15) is 5.26 Å². The molecule has 0 aliphatic carbocycles. The lowest BCUT2D eigenvalue weighted by Crippen LogP contribution is -2.31. The molecule has 0 N–H and O–H groups in total. The van der Waals surface area contributed by atoms with Gasteiger partial charge in [-0.2, -0.15) is 5.26 Å². The number of nitrogens with zero attached hydrogens (tertiary/aromatic N) is 4. The highest BCUT2D eigenvalue weighted by Gasteiger charge is 2.23. The first-order chi connectivity index (χ1) is 13.5. The van der Waals surface area contributed by atoms with Gasteiger partial charge in [-0.3, -0.25) is 0 Å². The van der Waals surface area contributed by atoms with Crippen LogP contribution in [-0.2, 0) is 0 Å². The Kier molecular flexibility index (Phi) is 5.05. The number of halogens is 1. The van der Waals surface area contributed by atoms with E-state index in [1.165, 1.54) is 18.4 Å². The second-order valence-corrected chi connectivity index (χ2v) is 8.19. The summed E-state index contributed by atoms with van der Waals surface area (Å²) in [6, 6.07) is 12.1. The van der Waals surface area contributed by atoms with E-state index in [0.29, 0.717) is 16.5 Å². The number of hydrogen-bond donors (Lipinski definition) is 0. The van der Waals surface area contributed by atoms with Crippen LogP contribution in [0.15, 0.2) is 30.3 Å². The lowest BCUT2D eigenvalue weighted by Gasteiger charge is -2.30. The van der Waals surface area contributed by atoms with Crippen molar-refractivity contribution in [2.24, 2.45) is 0 Å². The molecule has 3 aromatic rings. The molecule has 1 aromatic heterocycles. The van der Waals surface area contributed by atoms with Crippen LogP contribution in [0, 0.1) is 25.2 Å². The van der Waals surface area contributed by atoms with Crippen molar-refractivity contribution in [3.8, 4) is 17.3 Å². The van der Waals surface area contributed by atoms with Crippen LogP contribution in [-0.4, -0.2) is 35.2 Å². The van der Waals surface area contributed by atoms with E-state index in [4.69, 9.17) is 11.6 Å². The van der Waals surface area contributed by atoms with E-state index in [2.05, 4.69) is 53.3 Å².